The lowest BCUT2D eigenvalue weighted by atomic mass is 9.76. The number of carbonyl (C=O) groups is 2. The van der Waals surface area contributed by atoms with Crippen LogP contribution in [0.5, 0.6) is 0 Å². The number of rotatable bonds is 3. The molecule has 4 heterocycles. The molecule has 182 valence electrons. The zero-order valence-corrected chi connectivity index (χ0v) is 20.2. The zero-order chi connectivity index (χ0) is 24.0. The van der Waals surface area contributed by atoms with E-state index in [0.29, 0.717) is 22.9 Å². The van der Waals surface area contributed by atoms with Crippen molar-refractivity contribution in [3.05, 3.63) is 51.8 Å². The second-order valence-corrected chi connectivity index (χ2v) is 10.1. The number of aromatic amines is 1. The van der Waals surface area contributed by atoms with Gasteiger partial charge in [0, 0.05) is 66.7 Å². The summed E-state index contributed by atoms with van der Waals surface area (Å²) in [6.07, 6.45) is 6.92. The number of aryl methyl sites for hydroxylation is 1. The highest BCUT2D eigenvalue weighted by Crippen LogP contribution is 2.47. The first-order chi connectivity index (χ1) is 16.3. The molecule has 1 atom stereocenters. The Bertz CT molecular complexity index is 1100. The van der Waals surface area contributed by atoms with Crippen molar-refractivity contribution in [2.24, 2.45) is 5.41 Å². The van der Waals surface area contributed by atoms with Gasteiger partial charge in [-0.05, 0) is 57.4 Å². The van der Waals surface area contributed by atoms with Crippen LogP contribution in [0.3, 0.4) is 0 Å². The number of allylic oxidation sites excluding steroid dienone is 4. The van der Waals surface area contributed by atoms with Crippen molar-refractivity contribution in [2.75, 3.05) is 39.4 Å². The van der Waals surface area contributed by atoms with Crippen molar-refractivity contribution in [1.82, 2.24) is 20.1 Å². The highest BCUT2D eigenvalue weighted by molar-refractivity contribution is 6.05. The Balaban J connectivity index is 1.35. The Hall–Kier alpha value is -2.71. The minimum Gasteiger partial charge on any atom is -0.379 e. The number of fused-ring (bicyclic) bond motifs is 1. The van der Waals surface area contributed by atoms with Crippen LogP contribution in [-0.2, 0) is 9.53 Å². The van der Waals surface area contributed by atoms with Gasteiger partial charge in [-0.15, -0.1) is 0 Å². The van der Waals surface area contributed by atoms with Gasteiger partial charge in [-0.3, -0.25) is 14.5 Å². The summed E-state index contributed by atoms with van der Waals surface area (Å²) in [5, 5.41) is 2.88. The number of hydrogen-bond acceptors (Lipinski definition) is 4. The third-order valence-electron chi connectivity index (χ3n) is 7.93. The zero-order valence-electron chi connectivity index (χ0n) is 20.2. The smallest absolute Gasteiger partial charge is 0.255 e. The quantitative estimate of drug-likeness (QED) is 0.668. The molecule has 2 amide bonds. The average molecular weight is 469 g/mol. The Labute approximate surface area is 199 Å². The molecule has 0 aromatic carbocycles. The normalized spacial score (nSPS) is 27.5. The SMILES string of the molecule is Cc1[nH]c(/C=C2\C(=O)NC3=CC=C(F)CC32C)c(C)c1C(=O)N1CCC(N2CCOCC2)CC1. The van der Waals surface area contributed by atoms with Crippen LogP contribution in [0.1, 0.15) is 53.5 Å². The van der Waals surface area contributed by atoms with Gasteiger partial charge in [0.05, 0.1) is 18.8 Å². The average Bonchev–Trinajstić information content (AvgIpc) is 3.25. The number of aromatic nitrogens is 1. The fourth-order valence-corrected chi connectivity index (χ4v) is 5.85. The second-order valence-electron chi connectivity index (χ2n) is 10.1. The molecule has 3 aliphatic heterocycles. The molecule has 3 saturated heterocycles. The van der Waals surface area contributed by atoms with Crippen molar-refractivity contribution in [3.8, 4) is 0 Å². The molecule has 34 heavy (non-hydrogen) atoms. The molecule has 0 spiro atoms. The molecular formula is C26H33FN4O3. The Morgan fingerprint density at radius 2 is 1.88 bits per heavy atom. The van der Waals surface area contributed by atoms with Gasteiger partial charge < -0.3 is 19.9 Å². The van der Waals surface area contributed by atoms with Crippen LogP contribution >= 0.6 is 0 Å². The summed E-state index contributed by atoms with van der Waals surface area (Å²) in [5.74, 6) is -0.434. The van der Waals surface area contributed by atoms with E-state index in [4.69, 9.17) is 4.74 Å². The molecule has 0 saturated carbocycles. The summed E-state index contributed by atoms with van der Waals surface area (Å²) >= 11 is 0. The molecule has 2 N–H and O–H groups in total. The number of nitrogens with zero attached hydrogens (tertiary/aromatic N) is 2. The number of amides is 2. The van der Waals surface area contributed by atoms with Gasteiger partial charge >= 0.3 is 0 Å². The third kappa shape index (κ3) is 3.92. The number of likely N-dealkylation sites (tertiary alicyclic amines) is 1. The molecule has 0 radical (unpaired) electrons. The monoisotopic (exact) mass is 468 g/mol. The van der Waals surface area contributed by atoms with Crippen LogP contribution in [0.4, 0.5) is 4.39 Å². The molecule has 4 aliphatic rings. The number of piperidine rings is 1. The van der Waals surface area contributed by atoms with Crippen LogP contribution < -0.4 is 5.32 Å². The van der Waals surface area contributed by atoms with Gasteiger partial charge in [0.15, 0.2) is 0 Å². The van der Waals surface area contributed by atoms with E-state index in [1.54, 1.807) is 12.2 Å². The molecule has 1 aromatic heterocycles. The van der Waals surface area contributed by atoms with Crippen LogP contribution in [0.15, 0.2) is 29.2 Å². The van der Waals surface area contributed by atoms with Crippen molar-refractivity contribution in [2.45, 2.75) is 46.1 Å². The fraction of sp³-hybridized carbons (Fsp3) is 0.538. The minimum absolute atomic E-state index is 0.0330. The molecule has 0 bridgehead atoms. The van der Waals surface area contributed by atoms with Crippen LogP contribution in [0, 0.1) is 19.3 Å². The number of H-pyrrole nitrogens is 1. The van der Waals surface area contributed by atoms with Crippen LogP contribution in [0.2, 0.25) is 0 Å². The number of carbonyl (C=O) groups excluding carboxylic acids is 2. The lowest BCUT2D eigenvalue weighted by Crippen LogP contribution is -2.50. The fourth-order valence-electron chi connectivity index (χ4n) is 5.85. The Morgan fingerprint density at radius 1 is 1.18 bits per heavy atom. The molecule has 1 unspecified atom stereocenters. The van der Waals surface area contributed by atoms with Crippen molar-refractivity contribution in [3.63, 3.8) is 0 Å². The predicted molar refractivity (Wildman–Crippen MR) is 128 cm³/mol. The lowest BCUT2D eigenvalue weighted by Gasteiger charge is -2.40. The lowest BCUT2D eigenvalue weighted by molar-refractivity contribution is -0.116. The van der Waals surface area contributed by atoms with E-state index in [0.717, 1.165) is 69.2 Å². The maximum atomic E-state index is 14.1. The van der Waals surface area contributed by atoms with Gasteiger partial charge in [-0.1, -0.05) is 0 Å². The largest absolute Gasteiger partial charge is 0.379 e. The standard InChI is InChI=1S/C26H33FN4O3/c1-16-21(14-20-24(32)29-22-5-4-18(27)15-26(20,22)3)28-17(2)23(16)25(33)31-8-6-19(7-9-31)30-10-12-34-13-11-30/h4-5,14,19,28H,6-13,15H2,1-3H3,(H,29,32)/b20-14+. The first-order valence-electron chi connectivity index (χ1n) is 12.2. The predicted octanol–water partition coefficient (Wildman–Crippen LogP) is 3.23. The van der Waals surface area contributed by atoms with E-state index in [9.17, 15) is 14.0 Å². The second kappa shape index (κ2) is 8.82. The Kier molecular flexibility index (Phi) is 5.98. The topological polar surface area (TPSA) is 77.7 Å². The number of morpholine rings is 1. The maximum absolute atomic E-state index is 14.1. The van der Waals surface area contributed by atoms with Crippen LogP contribution in [0.25, 0.3) is 6.08 Å². The van der Waals surface area contributed by atoms with E-state index >= 15 is 0 Å². The third-order valence-corrected chi connectivity index (χ3v) is 7.93. The van der Waals surface area contributed by atoms with Gasteiger partial charge in [0.2, 0.25) is 0 Å². The number of halogens is 1. The summed E-state index contributed by atoms with van der Waals surface area (Å²) in [5.41, 5.74) is 3.51. The molecule has 7 nitrogen and oxygen atoms in total. The maximum Gasteiger partial charge on any atom is 0.255 e. The first kappa shape index (κ1) is 23.1. The molecule has 5 rings (SSSR count). The van der Waals surface area contributed by atoms with E-state index in [1.165, 1.54) is 6.08 Å². The summed E-state index contributed by atoms with van der Waals surface area (Å²) < 4.78 is 19.6. The van der Waals surface area contributed by atoms with Gasteiger partial charge in [0.25, 0.3) is 11.8 Å². The van der Waals surface area contributed by atoms with Gasteiger partial charge in [0.1, 0.15) is 5.83 Å². The molecule has 1 aliphatic carbocycles. The van der Waals surface area contributed by atoms with Crippen LogP contribution in [-0.4, -0.2) is 72.0 Å². The number of hydrogen-bond donors (Lipinski definition) is 2. The summed E-state index contributed by atoms with van der Waals surface area (Å²) in [6, 6.07) is 0.510. The van der Waals surface area contributed by atoms with Crippen molar-refractivity contribution < 1.29 is 18.7 Å². The number of ether oxygens (including phenoxy) is 1. The van der Waals surface area contributed by atoms with Crippen molar-refractivity contribution >= 4 is 17.9 Å². The van der Waals surface area contributed by atoms with E-state index in [2.05, 4.69) is 15.2 Å². The van der Waals surface area contributed by atoms with Gasteiger partial charge in [-0.25, -0.2) is 4.39 Å². The molecule has 3 fully saturated rings. The molecule has 1 aromatic rings. The molecular weight excluding hydrogens is 435 g/mol. The van der Waals surface area contributed by atoms with E-state index < -0.39 is 5.41 Å². The highest BCUT2D eigenvalue weighted by atomic mass is 19.1. The summed E-state index contributed by atoms with van der Waals surface area (Å²) in [6.45, 7) is 10.7. The molecule has 8 heteroatoms. The van der Waals surface area contributed by atoms with Crippen molar-refractivity contribution in [1.29, 1.82) is 0 Å². The Morgan fingerprint density at radius 3 is 2.59 bits per heavy atom. The first-order valence-corrected chi connectivity index (χ1v) is 12.2. The van der Waals surface area contributed by atoms with E-state index in [1.807, 2.05) is 25.7 Å². The number of nitrogens with one attached hydrogen (secondary N) is 2. The summed E-state index contributed by atoms with van der Waals surface area (Å²) in [4.78, 5) is 34.0. The highest BCUT2D eigenvalue weighted by Gasteiger charge is 2.46. The minimum atomic E-state index is -0.729. The van der Waals surface area contributed by atoms with E-state index in [-0.39, 0.29) is 24.1 Å². The summed E-state index contributed by atoms with van der Waals surface area (Å²) in [7, 11) is 0. The van der Waals surface area contributed by atoms with Gasteiger partial charge in [-0.2, -0.15) is 0 Å².